The number of aliphatic hydroxyl groups is 2. The van der Waals surface area contributed by atoms with Gasteiger partial charge in [-0.15, -0.1) is 0 Å². The Morgan fingerprint density at radius 2 is 1.94 bits per heavy atom. The Hall–Kier alpha value is -1.26. The van der Waals surface area contributed by atoms with Gasteiger partial charge in [0.2, 0.25) is 0 Å². The van der Waals surface area contributed by atoms with Crippen molar-refractivity contribution in [1.29, 1.82) is 0 Å². The average molecular weight is 240 g/mol. The van der Waals surface area contributed by atoms with E-state index >= 15 is 0 Å². The van der Waals surface area contributed by atoms with Crippen LogP contribution in [0.4, 0.5) is 0 Å². The van der Waals surface area contributed by atoms with E-state index in [1.807, 2.05) is 13.0 Å². The van der Waals surface area contributed by atoms with Crippen molar-refractivity contribution in [2.24, 2.45) is 0 Å². The van der Waals surface area contributed by atoms with Crippen LogP contribution < -0.4 is 9.47 Å². The molecule has 96 valence electrons. The van der Waals surface area contributed by atoms with Crippen molar-refractivity contribution in [1.82, 2.24) is 0 Å². The van der Waals surface area contributed by atoms with Crippen molar-refractivity contribution in [2.75, 3.05) is 20.8 Å². The Kier molecular flexibility index (Phi) is 5.25. The highest BCUT2D eigenvalue weighted by molar-refractivity contribution is 5.47. The molecule has 0 aliphatic heterocycles. The molecule has 0 spiro atoms. The molecular formula is C13H20O4. The summed E-state index contributed by atoms with van der Waals surface area (Å²) < 4.78 is 10.4. The summed E-state index contributed by atoms with van der Waals surface area (Å²) in [6.07, 6.45) is 0.457. The van der Waals surface area contributed by atoms with E-state index in [0.29, 0.717) is 24.3 Å². The topological polar surface area (TPSA) is 58.9 Å². The van der Waals surface area contributed by atoms with Gasteiger partial charge in [-0.25, -0.2) is 0 Å². The Morgan fingerprint density at radius 3 is 2.47 bits per heavy atom. The number of rotatable bonds is 6. The fraction of sp³-hybridized carbons (Fsp3) is 0.538. The second kappa shape index (κ2) is 6.47. The third-order valence-corrected chi connectivity index (χ3v) is 2.75. The van der Waals surface area contributed by atoms with Gasteiger partial charge in [-0.3, -0.25) is 0 Å². The van der Waals surface area contributed by atoms with Crippen LogP contribution in [-0.4, -0.2) is 31.0 Å². The first-order chi connectivity index (χ1) is 8.13. The largest absolute Gasteiger partial charge is 0.497 e. The lowest BCUT2D eigenvalue weighted by Crippen LogP contribution is -2.05. The Labute approximate surface area is 102 Å². The summed E-state index contributed by atoms with van der Waals surface area (Å²) in [7, 11) is 3.16. The first-order valence-electron chi connectivity index (χ1n) is 5.65. The molecule has 0 aliphatic rings. The summed E-state index contributed by atoms with van der Waals surface area (Å²) in [6.45, 7) is 1.98. The lowest BCUT2D eigenvalue weighted by molar-refractivity contribution is 0.147. The van der Waals surface area contributed by atoms with E-state index in [2.05, 4.69) is 0 Å². The monoisotopic (exact) mass is 240 g/mol. The maximum atomic E-state index is 10.1. The molecule has 0 heterocycles. The molecular weight excluding hydrogens is 220 g/mol. The van der Waals surface area contributed by atoms with Crippen LogP contribution in [0.25, 0.3) is 0 Å². The summed E-state index contributed by atoms with van der Waals surface area (Å²) in [5.41, 5.74) is 1.69. The van der Waals surface area contributed by atoms with Gasteiger partial charge in [-0.05, 0) is 31.4 Å². The summed E-state index contributed by atoms with van der Waals surface area (Å²) >= 11 is 0. The highest BCUT2D eigenvalue weighted by atomic mass is 16.5. The van der Waals surface area contributed by atoms with E-state index in [-0.39, 0.29) is 6.61 Å². The Balaban J connectivity index is 3.04. The normalized spacial score (nSPS) is 12.3. The van der Waals surface area contributed by atoms with Gasteiger partial charge in [-0.1, -0.05) is 0 Å². The number of aliphatic hydroxyl groups excluding tert-OH is 2. The number of methoxy groups -OCH3 is 2. The zero-order valence-electron chi connectivity index (χ0n) is 10.6. The molecule has 0 saturated carbocycles. The Bertz CT molecular complexity index is 363. The third kappa shape index (κ3) is 3.35. The number of hydrogen-bond acceptors (Lipinski definition) is 4. The molecule has 1 atom stereocenters. The van der Waals surface area contributed by atoms with Gasteiger partial charge in [-0.2, -0.15) is 0 Å². The van der Waals surface area contributed by atoms with Gasteiger partial charge in [0.25, 0.3) is 0 Å². The van der Waals surface area contributed by atoms with Crippen molar-refractivity contribution >= 4 is 0 Å². The molecule has 1 aromatic rings. The van der Waals surface area contributed by atoms with Crippen LogP contribution in [0.2, 0.25) is 0 Å². The zero-order chi connectivity index (χ0) is 12.8. The molecule has 2 N–H and O–H groups in total. The van der Waals surface area contributed by atoms with Crippen LogP contribution in [0.3, 0.4) is 0 Å². The minimum Gasteiger partial charge on any atom is -0.497 e. The predicted molar refractivity (Wildman–Crippen MR) is 65.6 cm³/mol. The second-order valence-electron chi connectivity index (χ2n) is 3.94. The van der Waals surface area contributed by atoms with E-state index in [4.69, 9.17) is 14.6 Å². The quantitative estimate of drug-likeness (QED) is 0.796. The van der Waals surface area contributed by atoms with Gasteiger partial charge in [0.15, 0.2) is 0 Å². The standard InChI is InChI=1S/C13H20O4/c1-9-7-10(16-2)8-12(17-3)13(9)11(15)5-4-6-14/h7-8,11,14-15H,4-6H2,1-3H3. The summed E-state index contributed by atoms with van der Waals surface area (Å²) in [4.78, 5) is 0. The summed E-state index contributed by atoms with van der Waals surface area (Å²) in [6, 6.07) is 3.62. The highest BCUT2D eigenvalue weighted by Crippen LogP contribution is 2.34. The maximum Gasteiger partial charge on any atom is 0.128 e. The minimum atomic E-state index is -0.622. The number of hydrogen-bond donors (Lipinski definition) is 2. The first-order valence-corrected chi connectivity index (χ1v) is 5.65. The second-order valence-corrected chi connectivity index (χ2v) is 3.94. The fourth-order valence-electron chi connectivity index (χ4n) is 1.88. The molecule has 0 aliphatic carbocycles. The van der Waals surface area contributed by atoms with E-state index < -0.39 is 6.10 Å². The number of benzene rings is 1. The molecule has 0 radical (unpaired) electrons. The molecule has 1 aromatic carbocycles. The van der Waals surface area contributed by atoms with Crippen LogP contribution in [0.1, 0.15) is 30.1 Å². The molecule has 4 nitrogen and oxygen atoms in total. The first kappa shape index (κ1) is 13.8. The van der Waals surface area contributed by atoms with Crippen molar-refractivity contribution in [2.45, 2.75) is 25.9 Å². The molecule has 1 rings (SSSR count). The fourth-order valence-corrected chi connectivity index (χ4v) is 1.88. The van der Waals surface area contributed by atoms with Gasteiger partial charge in [0.1, 0.15) is 11.5 Å². The van der Waals surface area contributed by atoms with Crippen molar-refractivity contribution in [3.63, 3.8) is 0 Å². The van der Waals surface area contributed by atoms with Crippen LogP contribution in [0.15, 0.2) is 12.1 Å². The predicted octanol–water partition coefficient (Wildman–Crippen LogP) is 1.82. The highest BCUT2D eigenvalue weighted by Gasteiger charge is 2.17. The van der Waals surface area contributed by atoms with Crippen LogP contribution in [-0.2, 0) is 0 Å². The Morgan fingerprint density at radius 1 is 1.24 bits per heavy atom. The lowest BCUT2D eigenvalue weighted by atomic mass is 9.98. The average Bonchev–Trinajstić information content (AvgIpc) is 2.34. The van der Waals surface area contributed by atoms with Crippen LogP contribution in [0, 0.1) is 6.92 Å². The lowest BCUT2D eigenvalue weighted by Gasteiger charge is -2.18. The summed E-state index contributed by atoms with van der Waals surface area (Å²) in [5.74, 6) is 1.32. The van der Waals surface area contributed by atoms with Gasteiger partial charge in [0.05, 0.1) is 20.3 Å². The summed E-state index contributed by atoms with van der Waals surface area (Å²) in [5, 5.41) is 18.9. The van der Waals surface area contributed by atoms with Gasteiger partial charge >= 0.3 is 0 Å². The van der Waals surface area contributed by atoms with Crippen LogP contribution >= 0.6 is 0 Å². The molecule has 0 saturated heterocycles. The van der Waals surface area contributed by atoms with E-state index in [1.54, 1.807) is 20.3 Å². The van der Waals surface area contributed by atoms with E-state index in [9.17, 15) is 5.11 Å². The van der Waals surface area contributed by atoms with Gasteiger partial charge < -0.3 is 19.7 Å². The number of ether oxygens (including phenoxy) is 2. The molecule has 17 heavy (non-hydrogen) atoms. The van der Waals surface area contributed by atoms with Crippen LogP contribution in [0.5, 0.6) is 11.5 Å². The SMILES string of the molecule is COc1cc(C)c(C(O)CCCO)c(OC)c1. The molecule has 0 aromatic heterocycles. The molecule has 1 unspecified atom stereocenters. The molecule has 0 amide bonds. The minimum absolute atomic E-state index is 0.0780. The zero-order valence-corrected chi connectivity index (χ0v) is 10.6. The molecule has 0 fully saturated rings. The number of aryl methyl sites for hydroxylation is 1. The van der Waals surface area contributed by atoms with Crippen molar-refractivity contribution < 1.29 is 19.7 Å². The smallest absolute Gasteiger partial charge is 0.128 e. The maximum absolute atomic E-state index is 10.1. The van der Waals surface area contributed by atoms with E-state index in [1.165, 1.54) is 0 Å². The molecule has 0 bridgehead atoms. The van der Waals surface area contributed by atoms with Gasteiger partial charge in [0, 0.05) is 18.2 Å². The van der Waals surface area contributed by atoms with E-state index in [0.717, 1.165) is 11.1 Å². The molecule has 4 heteroatoms. The van der Waals surface area contributed by atoms with Crippen molar-refractivity contribution in [3.05, 3.63) is 23.3 Å². The third-order valence-electron chi connectivity index (χ3n) is 2.75. The van der Waals surface area contributed by atoms with Crippen molar-refractivity contribution in [3.8, 4) is 11.5 Å².